The minimum Gasteiger partial charge on any atom is -0.496 e. The van der Waals surface area contributed by atoms with Crippen molar-refractivity contribution in [2.75, 3.05) is 18.6 Å². The van der Waals surface area contributed by atoms with Crippen LogP contribution in [0, 0.1) is 0 Å². The van der Waals surface area contributed by atoms with Crippen LogP contribution in [-0.4, -0.2) is 32.6 Å². The summed E-state index contributed by atoms with van der Waals surface area (Å²) in [5.41, 5.74) is 0.485. The van der Waals surface area contributed by atoms with E-state index < -0.39 is 15.4 Å². The van der Waals surface area contributed by atoms with Crippen LogP contribution in [0.1, 0.15) is 25.5 Å². The number of ether oxygens (including phenoxy) is 1. The molecule has 2 rings (SSSR count). The summed E-state index contributed by atoms with van der Waals surface area (Å²) in [5.74, 6) is 1.02. The van der Waals surface area contributed by atoms with Gasteiger partial charge in [0, 0.05) is 11.1 Å². The maximum atomic E-state index is 12.0. The van der Waals surface area contributed by atoms with Gasteiger partial charge in [-0.05, 0) is 19.9 Å². The molecule has 0 radical (unpaired) electrons. The van der Waals surface area contributed by atoms with Gasteiger partial charge in [0.25, 0.3) is 0 Å². The summed E-state index contributed by atoms with van der Waals surface area (Å²) >= 11 is 0. The second-order valence-corrected chi connectivity index (χ2v) is 7.49. The summed E-state index contributed by atoms with van der Waals surface area (Å²) in [5, 5.41) is 3.38. The predicted molar refractivity (Wildman–Crippen MR) is 71.6 cm³/mol. The zero-order valence-electron chi connectivity index (χ0n) is 10.9. The van der Waals surface area contributed by atoms with Crippen LogP contribution in [0.4, 0.5) is 0 Å². The lowest BCUT2D eigenvalue weighted by Gasteiger charge is -2.37. The average molecular weight is 269 g/mol. The Morgan fingerprint density at radius 1 is 1.33 bits per heavy atom. The third-order valence-corrected chi connectivity index (χ3v) is 5.08. The lowest BCUT2D eigenvalue weighted by molar-refractivity contribution is 0.346. The molecule has 1 N–H and O–H groups in total. The van der Waals surface area contributed by atoms with Crippen LogP contribution in [0.25, 0.3) is 0 Å². The second kappa shape index (κ2) is 4.55. The maximum Gasteiger partial charge on any atom is 0.153 e. The third kappa shape index (κ3) is 2.84. The van der Waals surface area contributed by atoms with Crippen molar-refractivity contribution < 1.29 is 13.2 Å². The zero-order valence-corrected chi connectivity index (χ0v) is 11.8. The molecule has 0 bridgehead atoms. The quantitative estimate of drug-likeness (QED) is 0.884. The molecule has 1 saturated heterocycles. The summed E-state index contributed by atoms with van der Waals surface area (Å²) < 4.78 is 29.2. The van der Waals surface area contributed by atoms with Gasteiger partial charge in [-0.25, -0.2) is 8.42 Å². The molecule has 1 atom stereocenters. The van der Waals surface area contributed by atoms with E-state index in [4.69, 9.17) is 4.74 Å². The molecular weight excluding hydrogens is 250 g/mol. The summed E-state index contributed by atoms with van der Waals surface area (Å²) in [6.07, 6.45) is 0. The molecule has 0 saturated carbocycles. The highest BCUT2D eigenvalue weighted by atomic mass is 32.2. The number of hydrogen-bond acceptors (Lipinski definition) is 4. The van der Waals surface area contributed by atoms with E-state index in [1.54, 1.807) is 7.11 Å². The van der Waals surface area contributed by atoms with Crippen LogP contribution < -0.4 is 10.1 Å². The topological polar surface area (TPSA) is 55.4 Å². The average Bonchev–Trinajstić information content (AvgIpc) is 2.24. The molecule has 1 aromatic rings. The Morgan fingerprint density at radius 2 is 2.00 bits per heavy atom. The van der Waals surface area contributed by atoms with E-state index in [1.807, 2.05) is 38.1 Å². The van der Waals surface area contributed by atoms with Crippen molar-refractivity contribution in [2.24, 2.45) is 0 Å². The third-order valence-electron chi connectivity index (χ3n) is 3.08. The number of nitrogens with one attached hydrogen (secondary N) is 1. The molecule has 5 heteroatoms. The predicted octanol–water partition coefficient (Wildman–Crippen LogP) is 1.53. The van der Waals surface area contributed by atoms with E-state index >= 15 is 0 Å². The van der Waals surface area contributed by atoms with E-state index in [2.05, 4.69) is 5.32 Å². The minimum atomic E-state index is -3.03. The van der Waals surface area contributed by atoms with Crippen molar-refractivity contribution >= 4 is 9.84 Å². The van der Waals surface area contributed by atoms with Crippen molar-refractivity contribution in [2.45, 2.75) is 25.4 Å². The Balaban J connectivity index is 2.38. The molecular formula is C13H19NO3S. The number of para-hydroxylation sites is 1. The molecule has 1 heterocycles. The molecule has 1 aliphatic rings. The molecule has 0 spiro atoms. The number of hydrogen-bond donors (Lipinski definition) is 1. The highest BCUT2D eigenvalue weighted by Crippen LogP contribution is 2.31. The molecule has 1 fully saturated rings. The largest absolute Gasteiger partial charge is 0.496 e. The van der Waals surface area contributed by atoms with E-state index in [0.29, 0.717) is 0 Å². The molecule has 18 heavy (non-hydrogen) atoms. The molecule has 0 aliphatic carbocycles. The van der Waals surface area contributed by atoms with Crippen molar-refractivity contribution in [1.82, 2.24) is 5.32 Å². The minimum absolute atomic E-state index is 0.122. The monoisotopic (exact) mass is 269 g/mol. The van der Waals surface area contributed by atoms with Gasteiger partial charge in [-0.15, -0.1) is 0 Å². The van der Waals surface area contributed by atoms with Crippen LogP contribution >= 0.6 is 0 Å². The lowest BCUT2D eigenvalue weighted by Crippen LogP contribution is -2.54. The van der Waals surface area contributed by atoms with Gasteiger partial charge >= 0.3 is 0 Å². The highest BCUT2D eigenvalue weighted by Gasteiger charge is 2.37. The first-order valence-electron chi connectivity index (χ1n) is 5.94. The number of rotatable bonds is 2. The van der Waals surface area contributed by atoms with Crippen LogP contribution in [0.2, 0.25) is 0 Å². The summed E-state index contributed by atoms with van der Waals surface area (Å²) in [4.78, 5) is 0. The Labute approximate surface area is 108 Å². The Kier molecular flexibility index (Phi) is 3.38. The first-order chi connectivity index (χ1) is 8.33. The van der Waals surface area contributed by atoms with E-state index in [-0.39, 0.29) is 17.5 Å². The van der Waals surface area contributed by atoms with Crippen LogP contribution in [-0.2, 0) is 9.84 Å². The van der Waals surface area contributed by atoms with Crippen LogP contribution in [0.15, 0.2) is 24.3 Å². The number of benzene rings is 1. The first-order valence-corrected chi connectivity index (χ1v) is 7.76. The standard InChI is InChI=1S/C13H19NO3S/c1-13(2)9-18(15,16)8-11(14-13)10-6-4-5-7-12(10)17-3/h4-7,11,14H,8-9H2,1-3H3. The molecule has 4 nitrogen and oxygen atoms in total. The van der Waals surface area contributed by atoms with E-state index in [0.717, 1.165) is 11.3 Å². The number of methoxy groups -OCH3 is 1. The molecule has 1 aromatic carbocycles. The van der Waals surface area contributed by atoms with Gasteiger partial charge in [0.2, 0.25) is 0 Å². The smallest absolute Gasteiger partial charge is 0.153 e. The second-order valence-electron chi connectivity index (χ2n) is 5.38. The Bertz CT molecular complexity index is 537. The number of sulfone groups is 1. The fraction of sp³-hybridized carbons (Fsp3) is 0.538. The van der Waals surface area contributed by atoms with Crippen molar-refractivity contribution in [3.8, 4) is 5.75 Å². The van der Waals surface area contributed by atoms with Crippen LogP contribution in [0.5, 0.6) is 5.75 Å². The van der Waals surface area contributed by atoms with E-state index in [1.165, 1.54) is 0 Å². The highest BCUT2D eigenvalue weighted by molar-refractivity contribution is 7.91. The Hall–Kier alpha value is -1.07. The SMILES string of the molecule is COc1ccccc1C1CS(=O)(=O)CC(C)(C)N1. The van der Waals surface area contributed by atoms with Crippen molar-refractivity contribution in [3.63, 3.8) is 0 Å². The summed E-state index contributed by atoms with van der Waals surface area (Å²) in [6.45, 7) is 3.82. The van der Waals surface area contributed by atoms with E-state index in [9.17, 15) is 8.42 Å². The van der Waals surface area contributed by atoms with Gasteiger partial charge < -0.3 is 10.1 Å². The Morgan fingerprint density at radius 3 is 2.61 bits per heavy atom. The zero-order chi connectivity index (χ0) is 13.4. The lowest BCUT2D eigenvalue weighted by atomic mass is 10.0. The molecule has 100 valence electrons. The fourth-order valence-corrected chi connectivity index (χ4v) is 4.61. The normalized spacial score (nSPS) is 25.6. The van der Waals surface area contributed by atoms with Gasteiger partial charge in [-0.1, -0.05) is 18.2 Å². The van der Waals surface area contributed by atoms with Crippen molar-refractivity contribution in [3.05, 3.63) is 29.8 Å². The van der Waals surface area contributed by atoms with Crippen molar-refractivity contribution in [1.29, 1.82) is 0 Å². The first kappa shape index (κ1) is 13.4. The summed E-state index contributed by atoms with van der Waals surface area (Å²) in [6, 6.07) is 7.33. The fourth-order valence-electron chi connectivity index (χ4n) is 2.54. The van der Waals surface area contributed by atoms with Gasteiger partial charge in [-0.2, -0.15) is 0 Å². The molecule has 0 aromatic heterocycles. The van der Waals surface area contributed by atoms with Gasteiger partial charge in [-0.3, -0.25) is 0 Å². The van der Waals surface area contributed by atoms with Crippen LogP contribution in [0.3, 0.4) is 0 Å². The maximum absolute atomic E-state index is 12.0. The molecule has 1 aliphatic heterocycles. The van der Waals surface area contributed by atoms with Gasteiger partial charge in [0.15, 0.2) is 9.84 Å². The van der Waals surface area contributed by atoms with Gasteiger partial charge in [0.05, 0.1) is 24.7 Å². The molecule has 1 unspecified atom stereocenters. The van der Waals surface area contributed by atoms with Gasteiger partial charge in [0.1, 0.15) is 5.75 Å². The summed E-state index contributed by atoms with van der Waals surface area (Å²) in [7, 11) is -1.43. The molecule has 0 amide bonds.